The number of piperidine rings is 1. The molecule has 0 aromatic heterocycles. The van der Waals surface area contributed by atoms with Crippen molar-refractivity contribution in [3.05, 3.63) is 22.8 Å². The summed E-state index contributed by atoms with van der Waals surface area (Å²) >= 11 is 0. The molecule has 0 saturated carbocycles. The van der Waals surface area contributed by atoms with Crippen LogP contribution in [0, 0.1) is 26.7 Å². The summed E-state index contributed by atoms with van der Waals surface area (Å²) in [7, 11) is -1.80. The molecule has 0 N–H and O–H groups in total. The maximum absolute atomic E-state index is 12.9. The van der Waals surface area contributed by atoms with Crippen LogP contribution in [-0.2, 0) is 10.0 Å². The van der Waals surface area contributed by atoms with Crippen LogP contribution in [0.3, 0.4) is 0 Å². The van der Waals surface area contributed by atoms with Gasteiger partial charge in [-0.05, 0) is 62.3 Å². The molecule has 1 aliphatic heterocycles. The highest BCUT2D eigenvalue weighted by molar-refractivity contribution is 7.89. The van der Waals surface area contributed by atoms with E-state index < -0.39 is 10.0 Å². The van der Waals surface area contributed by atoms with Crippen molar-refractivity contribution in [3.63, 3.8) is 0 Å². The normalized spacial score (nSPS) is 20.5. The maximum atomic E-state index is 12.9. The van der Waals surface area contributed by atoms with Crippen molar-refractivity contribution in [1.82, 2.24) is 4.31 Å². The number of nitrogens with zero attached hydrogens (tertiary/aromatic N) is 1. The minimum atomic E-state index is -3.42. The summed E-state index contributed by atoms with van der Waals surface area (Å²) in [5, 5.41) is 0. The van der Waals surface area contributed by atoms with Crippen LogP contribution in [-0.4, -0.2) is 32.9 Å². The van der Waals surface area contributed by atoms with Crippen LogP contribution in [0.25, 0.3) is 0 Å². The Kier molecular flexibility index (Phi) is 4.63. The van der Waals surface area contributed by atoms with E-state index in [1.54, 1.807) is 17.5 Å². The Morgan fingerprint density at radius 2 is 1.90 bits per heavy atom. The molecule has 2 rings (SSSR count). The predicted octanol–water partition coefficient (Wildman–Crippen LogP) is 3.04. The van der Waals surface area contributed by atoms with E-state index in [-0.39, 0.29) is 0 Å². The fourth-order valence-electron chi connectivity index (χ4n) is 3.11. The molecule has 0 spiro atoms. The minimum absolute atomic E-state index is 0.424. The van der Waals surface area contributed by atoms with Crippen LogP contribution in [0.2, 0.25) is 0 Å². The smallest absolute Gasteiger partial charge is 0.243 e. The number of hydrogen-bond donors (Lipinski definition) is 0. The summed E-state index contributed by atoms with van der Waals surface area (Å²) in [6.45, 7) is 9.01. The first-order valence-electron chi connectivity index (χ1n) is 7.44. The Morgan fingerprint density at radius 1 is 1.24 bits per heavy atom. The van der Waals surface area contributed by atoms with Gasteiger partial charge in [-0.15, -0.1) is 0 Å². The molecule has 5 heteroatoms. The van der Waals surface area contributed by atoms with Crippen LogP contribution < -0.4 is 4.74 Å². The summed E-state index contributed by atoms with van der Waals surface area (Å²) in [6.07, 6.45) is 2.04. The van der Waals surface area contributed by atoms with E-state index in [1.165, 1.54) is 0 Å². The summed E-state index contributed by atoms with van der Waals surface area (Å²) in [5.41, 5.74) is 2.56. The summed E-state index contributed by atoms with van der Waals surface area (Å²) in [5.74, 6) is 1.20. The van der Waals surface area contributed by atoms with Gasteiger partial charge in [0.15, 0.2) is 0 Å². The SMILES string of the molecule is COc1c(C)cc(S(=O)(=O)N2CCC[C@H](C)C2)c(C)c1C. The molecule has 1 aromatic rings. The third kappa shape index (κ3) is 2.94. The lowest BCUT2D eigenvalue weighted by atomic mass is 10.0. The third-order valence-corrected chi connectivity index (χ3v) is 6.41. The Labute approximate surface area is 128 Å². The second-order valence-corrected chi connectivity index (χ2v) is 7.99. The molecule has 0 unspecified atom stereocenters. The maximum Gasteiger partial charge on any atom is 0.243 e. The molecule has 1 aromatic carbocycles. The first-order chi connectivity index (χ1) is 9.78. The van der Waals surface area contributed by atoms with E-state index in [0.29, 0.717) is 23.9 Å². The lowest BCUT2D eigenvalue weighted by Gasteiger charge is -2.31. The third-order valence-electron chi connectivity index (χ3n) is 4.42. The molecule has 118 valence electrons. The fraction of sp³-hybridized carbons (Fsp3) is 0.625. The summed E-state index contributed by atoms with van der Waals surface area (Å²) in [4.78, 5) is 0.424. The van der Waals surface area contributed by atoms with Crippen molar-refractivity contribution in [2.75, 3.05) is 20.2 Å². The number of aryl methyl sites for hydroxylation is 1. The van der Waals surface area contributed by atoms with Gasteiger partial charge >= 0.3 is 0 Å². The summed E-state index contributed by atoms with van der Waals surface area (Å²) in [6, 6.07) is 1.75. The van der Waals surface area contributed by atoms with Gasteiger partial charge in [-0.1, -0.05) is 6.92 Å². The Morgan fingerprint density at radius 3 is 2.48 bits per heavy atom. The highest BCUT2D eigenvalue weighted by Gasteiger charge is 2.31. The average molecular weight is 311 g/mol. The van der Waals surface area contributed by atoms with E-state index in [4.69, 9.17) is 4.74 Å². The zero-order valence-corrected chi connectivity index (χ0v) is 14.4. The molecule has 1 fully saturated rings. The van der Waals surface area contributed by atoms with Crippen molar-refractivity contribution in [2.24, 2.45) is 5.92 Å². The van der Waals surface area contributed by atoms with Gasteiger partial charge in [0.2, 0.25) is 10.0 Å². The van der Waals surface area contributed by atoms with Crippen molar-refractivity contribution >= 4 is 10.0 Å². The quantitative estimate of drug-likeness (QED) is 0.862. The second kappa shape index (κ2) is 5.97. The molecular weight excluding hydrogens is 286 g/mol. The van der Waals surface area contributed by atoms with Crippen molar-refractivity contribution in [3.8, 4) is 5.75 Å². The molecule has 4 nitrogen and oxygen atoms in total. The van der Waals surface area contributed by atoms with E-state index in [2.05, 4.69) is 6.92 Å². The minimum Gasteiger partial charge on any atom is -0.496 e. The van der Waals surface area contributed by atoms with Crippen LogP contribution in [0.5, 0.6) is 5.75 Å². The van der Waals surface area contributed by atoms with E-state index in [1.807, 2.05) is 20.8 Å². The van der Waals surface area contributed by atoms with Crippen molar-refractivity contribution in [2.45, 2.75) is 45.4 Å². The van der Waals surface area contributed by atoms with Gasteiger partial charge < -0.3 is 4.74 Å². The number of ether oxygens (including phenoxy) is 1. The number of rotatable bonds is 3. The van der Waals surface area contributed by atoms with E-state index in [9.17, 15) is 8.42 Å². The molecule has 0 amide bonds. The molecule has 1 saturated heterocycles. The largest absolute Gasteiger partial charge is 0.496 e. The topological polar surface area (TPSA) is 46.6 Å². The summed E-state index contributed by atoms with van der Waals surface area (Å²) < 4.78 is 32.9. The first-order valence-corrected chi connectivity index (χ1v) is 8.88. The molecule has 0 bridgehead atoms. The van der Waals surface area contributed by atoms with Crippen LogP contribution in [0.15, 0.2) is 11.0 Å². The Hall–Kier alpha value is -1.07. The van der Waals surface area contributed by atoms with Crippen LogP contribution in [0.4, 0.5) is 0 Å². The van der Waals surface area contributed by atoms with Gasteiger partial charge in [-0.25, -0.2) is 8.42 Å². The zero-order chi connectivity index (χ0) is 15.8. The average Bonchev–Trinajstić information content (AvgIpc) is 2.43. The van der Waals surface area contributed by atoms with Gasteiger partial charge in [0.05, 0.1) is 12.0 Å². The van der Waals surface area contributed by atoms with E-state index >= 15 is 0 Å². The number of methoxy groups -OCH3 is 1. The van der Waals surface area contributed by atoms with Gasteiger partial charge in [-0.2, -0.15) is 4.31 Å². The van der Waals surface area contributed by atoms with Gasteiger partial charge in [0, 0.05) is 13.1 Å². The highest BCUT2D eigenvalue weighted by Crippen LogP contribution is 2.33. The van der Waals surface area contributed by atoms with Crippen molar-refractivity contribution in [1.29, 1.82) is 0 Å². The van der Waals surface area contributed by atoms with Gasteiger partial charge in [0.25, 0.3) is 0 Å². The molecule has 1 atom stereocenters. The van der Waals surface area contributed by atoms with Crippen LogP contribution >= 0.6 is 0 Å². The van der Waals surface area contributed by atoms with Gasteiger partial charge in [0.1, 0.15) is 5.75 Å². The molecular formula is C16H25NO3S. The first kappa shape index (κ1) is 16.3. The van der Waals surface area contributed by atoms with Gasteiger partial charge in [-0.3, -0.25) is 0 Å². The zero-order valence-electron chi connectivity index (χ0n) is 13.6. The Balaban J connectivity index is 2.50. The molecule has 1 aliphatic rings. The molecule has 0 aliphatic carbocycles. The number of hydrogen-bond acceptors (Lipinski definition) is 3. The number of benzene rings is 1. The molecule has 1 heterocycles. The monoisotopic (exact) mass is 311 g/mol. The van der Waals surface area contributed by atoms with E-state index in [0.717, 1.165) is 35.3 Å². The second-order valence-electron chi connectivity index (χ2n) is 6.09. The molecule has 21 heavy (non-hydrogen) atoms. The van der Waals surface area contributed by atoms with Crippen molar-refractivity contribution < 1.29 is 13.2 Å². The highest BCUT2D eigenvalue weighted by atomic mass is 32.2. The predicted molar refractivity (Wildman–Crippen MR) is 84.4 cm³/mol. The lowest BCUT2D eigenvalue weighted by Crippen LogP contribution is -2.39. The molecule has 0 radical (unpaired) electrons. The van der Waals surface area contributed by atoms with Crippen LogP contribution in [0.1, 0.15) is 36.5 Å². The standard InChI is InChI=1S/C16H25NO3S/c1-11-7-6-8-17(10-11)21(18,19)15-9-12(2)16(20-5)14(4)13(15)3/h9,11H,6-8,10H2,1-5H3/t11-/m0/s1. The fourth-order valence-corrected chi connectivity index (χ4v) is 5.07. The Bertz CT molecular complexity index is 637. The lowest BCUT2D eigenvalue weighted by molar-refractivity contribution is 0.281. The number of sulfonamides is 1.